The Kier molecular flexibility index (Phi) is 5.14. The van der Waals surface area contributed by atoms with Gasteiger partial charge >= 0.3 is 5.63 Å². The molecule has 4 heteroatoms. The molecule has 3 rings (SSSR count). The van der Waals surface area contributed by atoms with Crippen LogP contribution in [-0.4, -0.2) is 12.5 Å². The van der Waals surface area contributed by atoms with Crippen molar-refractivity contribution in [2.45, 2.75) is 45.4 Å². The van der Waals surface area contributed by atoms with Gasteiger partial charge in [-0.25, -0.2) is 4.79 Å². The minimum atomic E-state index is -0.414. The molecular formula is C20H23NO3. The van der Waals surface area contributed by atoms with Crippen molar-refractivity contribution in [3.8, 4) is 0 Å². The van der Waals surface area contributed by atoms with Crippen LogP contribution in [0.25, 0.3) is 11.0 Å². The highest BCUT2D eigenvalue weighted by Gasteiger charge is 2.11. The van der Waals surface area contributed by atoms with Gasteiger partial charge in [0.25, 0.3) is 0 Å². The minimum Gasteiger partial charge on any atom is -0.423 e. The first-order chi connectivity index (χ1) is 11.6. The maximum absolute atomic E-state index is 12.2. The predicted octanol–water partition coefficient (Wildman–Crippen LogP) is 3.65. The van der Waals surface area contributed by atoms with E-state index in [1.807, 2.05) is 25.1 Å². The lowest BCUT2D eigenvalue weighted by Crippen LogP contribution is -2.27. The third-order valence-corrected chi connectivity index (χ3v) is 4.49. The standard InChI is InChI=1S/C20H23NO3/c1-14-7-8-17-16(13-20(23)24-18(17)11-14)12-19(22)21-10-9-15-5-3-2-4-6-15/h5,7-8,11,13H,2-4,6,9-10,12H2,1H3,(H,21,22). The van der Waals surface area contributed by atoms with Crippen molar-refractivity contribution < 1.29 is 9.21 Å². The maximum Gasteiger partial charge on any atom is 0.336 e. The van der Waals surface area contributed by atoms with Crippen molar-refractivity contribution >= 4 is 16.9 Å². The van der Waals surface area contributed by atoms with Crippen LogP contribution in [0.1, 0.15) is 43.2 Å². The average molecular weight is 325 g/mol. The van der Waals surface area contributed by atoms with Crippen LogP contribution in [0.2, 0.25) is 0 Å². The number of amides is 1. The number of fused-ring (bicyclic) bond motifs is 1. The summed E-state index contributed by atoms with van der Waals surface area (Å²) in [5.74, 6) is -0.0566. The number of hydrogen-bond acceptors (Lipinski definition) is 3. The number of allylic oxidation sites excluding steroid dienone is 1. The van der Waals surface area contributed by atoms with Gasteiger partial charge in [0, 0.05) is 18.0 Å². The van der Waals surface area contributed by atoms with Crippen LogP contribution >= 0.6 is 0 Å². The van der Waals surface area contributed by atoms with Crippen molar-refractivity contribution in [2.24, 2.45) is 0 Å². The molecular weight excluding hydrogens is 302 g/mol. The number of hydrogen-bond donors (Lipinski definition) is 1. The van der Waals surface area contributed by atoms with Crippen LogP contribution in [0.3, 0.4) is 0 Å². The summed E-state index contributed by atoms with van der Waals surface area (Å²) in [6.45, 7) is 2.60. The minimum absolute atomic E-state index is 0.0566. The highest BCUT2D eigenvalue weighted by atomic mass is 16.4. The molecule has 0 atom stereocenters. The molecule has 1 amide bonds. The van der Waals surface area contributed by atoms with E-state index in [0.717, 1.165) is 35.8 Å². The highest BCUT2D eigenvalue weighted by molar-refractivity contribution is 5.87. The lowest BCUT2D eigenvalue weighted by atomic mass is 9.97. The normalized spacial score (nSPS) is 14.5. The molecule has 0 fully saturated rings. The lowest BCUT2D eigenvalue weighted by Gasteiger charge is -2.13. The monoisotopic (exact) mass is 325 g/mol. The van der Waals surface area contributed by atoms with Gasteiger partial charge in [-0.3, -0.25) is 4.79 Å². The molecule has 1 aromatic carbocycles. The van der Waals surface area contributed by atoms with Crippen molar-refractivity contribution in [2.75, 3.05) is 6.54 Å². The van der Waals surface area contributed by atoms with Gasteiger partial charge in [0.05, 0.1) is 6.42 Å². The Labute approximate surface area is 141 Å². The van der Waals surface area contributed by atoms with E-state index in [-0.39, 0.29) is 12.3 Å². The molecule has 1 aliphatic carbocycles. The molecule has 1 N–H and O–H groups in total. The molecule has 1 aliphatic rings. The lowest BCUT2D eigenvalue weighted by molar-refractivity contribution is -0.120. The fourth-order valence-corrected chi connectivity index (χ4v) is 3.21. The molecule has 0 saturated heterocycles. The Morgan fingerprint density at radius 1 is 1.25 bits per heavy atom. The Bertz CT molecular complexity index is 832. The van der Waals surface area contributed by atoms with Crippen LogP contribution in [0.15, 0.2) is 45.1 Å². The van der Waals surface area contributed by atoms with Crippen molar-refractivity contribution in [1.82, 2.24) is 5.32 Å². The highest BCUT2D eigenvalue weighted by Crippen LogP contribution is 2.20. The number of carbonyl (C=O) groups excluding carboxylic acids is 1. The zero-order valence-corrected chi connectivity index (χ0v) is 14.1. The summed E-state index contributed by atoms with van der Waals surface area (Å²) in [6, 6.07) is 7.11. The van der Waals surface area contributed by atoms with Crippen LogP contribution in [0, 0.1) is 6.92 Å². The zero-order valence-electron chi connectivity index (χ0n) is 14.1. The molecule has 1 aromatic heterocycles. The van der Waals surface area contributed by atoms with E-state index in [0.29, 0.717) is 12.1 Å². The molecule has 0 radical (unpaired) electrons. The van der Waals surface area contributed by atoms with Crippen molar-refractivity contribution in [1.29, 1.82) is 0 Å². The fraction of sp³-hybridized carbons (Fsp3) is 0.400. The first kappa shape index (κ1) is 16.5. The van der Waals surface area contributed by atoms with E-state index < -0.39 is 5.63 Å². The van der Waals surface area contributed by atoms with Gasteiger partial charge in [0.1, 0.15) is 5.58 Å². The smallest absolute Gasteiger partial charge is 0.336 e. The number of carbonyl (C=O) groups is 1. The topological polar surface area (TPSA) is 59.3 Å². The Morgan fingerprint density at radius 3 is 2.92 bits per heavy atom. The van der Waals surface area contributed by atoms with Gasteiger partial charge in [-0.1, -0.05) is 23.8 Å². The summed E-state index contributed by atoms with van der Waals surface area (Å²) in [7, 11) is 0. The second kappa shape index (κ2) is 7.47. The molecule has 2 aromatic rings. The number of benzene rings is 1. The first-order valence-corrected chi connectivity index (χ1v) is 8.60. The zero-order chi connectivity index (χ0) is 16.9. The molecule has 24 heavy (non-hydrogen) atoms. The number of nitrogens with one attached hydrogen (secondary N) is 1. The van der Waals surface area contributed by atoms with Gasteiger partial charge in [-0.2, -0.15) is 0 Å². The molecule has 0 bridgehead atoms. The molecule has 0 aliphatic heterocycles. The molecule has 0 saturated carbocycles. The fourth-order valence-electron chi connectivity index (χ4n) is 3.21. The van der Waals surface area contributed by atoms with E-state index in [4.69, 9.17) is 4.42 Å². The van der Waals surface area contributed by atoms with Gasteiger partial charge in [-0.15, -0.1) is 0 Å². The number of aryl methyl sites for hydroxylation is 1. The third-order valence-electron chi connectivity index (χ3n) is 4.49. The SMILES string of the molecule is Cc1ccc2c(CC(=O)NCCC3=CCCCC3)cc(=O)oc2c1. The van der Waals surface area contributed by atoms with Crippen LogP contribution < -0.4 is 10.9 Å². The molecule has 126 valence electrons. The van der Waals surface area contributed by atoms with Crippen molar-refractivity contribution in [3.63, 3.8) is 0 Å². The van der Waals surface area contributed by atoms with Gasteiger partial charge in [0.2, 0.25) is 5.91 Å². The van der Waals surface area contributed by atoms with Gasteiger partial charge < -0.3 is 9.73 Å². The Balaban J connectivity index is 1.64. The van der Waals surface area contributed by atoms with Gasteiger partial charge in [-0.05, 0) is 56.2 Å². The van der Waals surface area contributed by atoms with E-state index in [1.54, 1.807) is 0 Å². The maximum atomic E-state index is 12.2. The largest absolute Gasteiger partial charge is 0.423 e. The molecule has 1 heterocycles. The second-order valence-electron chi connectivity index (χ2n) is 6.48. The van der Waals surface area contributed by atoms with Crippen LogP contribution in [-0.2, 0) is 11.2 Å². The summed E-state index contributed by atoms with van der Waals surface area (Å²) in [5, 5.41) is 3.79. The average Bonchev–Trinajstić information content (AvgIpc) is 2.55. The first-order valence-electron chi connectivity index (χ1n) is 8.60. The third kappa shape index (κ3) is 4.13. The van der Waals surface area contributed by atoms with E-state index in [1.165, 1.54) is 24.5 Å². The predicted molar refractivity (Wildman–Crippen MR) is 95.1 cm³/mol. The van der Waals surface area contributed by atoms with E-state index in [2.05, 4.69) is 11.4 Å². The van der Waals surface area contributed by atoms with Crippen LogP contribution in [0.4, 0.5) is 0 Å². The molecule has 4 nitrogen and oxygen atoms in total. The quantitative estimate of drug-likeness (QED) is 0.674. The molecule has 0 unspecified atom stereocenters. The van der Waals surface area contributed by atoms with E-state index in [9.17, 15) is 9.59 Å². The Hall–Kier alpha value is -2.36. The van der Waals surface area contributed by atoms with Gasteiger partial charge in [0.15, 0.2) is 0 Å². The summed E-state index contributed by atoms with van der Waals surface area (Å²) in [6.07, 6.45) is 8.26. The Morgan fingerprint density at radius 2 is 2.12 bits per heavy atom. The summed E-state index contributed by atoms with van der Waals surface area (Å²) in [5.41, 5.74) is 3.31. The van der Waals surface area contributed by atoms with Crippen molar-refractivity contribution in [3.05, 3.63) is 57.5 Å². The molecule has 0 spiro atoms. The summed E-state index contributed by atoms with van der Waals surface area (Å²) >= 11 is 0. The summed E-state index contributed by atoms with van der Waals surface area (Å²) in [4.78, 5) is 23.9. The second-order valence-corrected chi connectivity index (χ2v) is 6.48. The summed E-state index contributed by atoms with van der Waals surface area (Å²) < 4.78 is 5.23. The van der Waals surface area contributed by atoms with E-state index >= 15 is 0 Å². The van der Waals surface area contributed by atoms with Crippen LogP contribution in [0.5, 0.6) is 0 Å². The number of rotatable bonds is 5.